The number of carbonyl (C=O) groups is 2. The van der Waals surface area contributed by atoms with E-state index in [1.54, 1.807) is 37.3 Å². The van der Waals surface area contributed by atoms with Crippen LogP contribution < -0.4 is 15.0 Å². The lowest BCUT2D eigenvalue weighted by atomic mass is 10.1. The first-order valence-corrected chi connectivity index (χ1v) is 12.8. The molecule has 0 heterocycles. The molecule has 0 radical (unpaired) electrons. The molecule has 2 N–H and O–H groups in total. The average Bonchev–Trinajstić information content (AvgIpc) is 2.86. The quantitative estimate of drug-likeness (QED) is 0.294. The number of rotatable bonds is 8. The first kappa shape index (κ1) is 28.7. The van der Waals surface area contributed by atoms with Gasteiger partial charge in [0.05, 0.1) is 26.9 Å². The van der Waals surface area contributed by atoms with Gasteiger partial charge in [-0.15, -0.1) is 0 Å². The van der Waals surface area contributed by atoms with Crippen molar-refractivity contribution in [3.8, 4) is 0 Å². The van der Waals surface area contributed by atoms with Gasteiger partial charge in [-0.3, -0.25) is 13.9 Å². The zero-order chi connectivity index (χ0) is 28.1. The molecule has 3 aromatic rings. The average molecular weight is 567 g/mol. The lowest BCUT2D eigenvalue weighted by Crippen LogP contribution is -2.40. The number of sulfonamides is 1. The summed E-state index contributed by atoms with van der Waals surface area (Å²) in [6.07, 6.45) is -4.78. The SMILES string of the molecule is CC(=O)Nc1cccc(/C(C)=N/NC(=O)CN(c2cc(C(F)(F)F)ccc2Cl)S(=O)(=O)c2ccccc2)c1. The second kappa shape index (κ2) is 11.7. The molecule has 0 aliphatic rings. The number of amides is 2. The van der Waals surface area contributed by atoms with Gasteiger partial charge in [0.2, 0.25) is 5.91 Å². The standard InChI is InChI=1S/C25H22ClF3N4O4S/c1-16(18-7-6-8-20(13-18)30-17(2)34)31-32-24(35)15-33(38(36,37)21-9-4-3-5-10-21)23-14-19(25(27,28)29)11-12-22(23)26/h3-14H,15H2,1-2H3,(H,30,34)(H,32,35)/b31-16+. The Labute approximate surface area is 222 Å². The van der Waals surface area contributed by atoms with Crippen molar-refractivity contribution in [1.82, 2.24) is 5.43 Å². The maximum Gasteiger partial charge on any atom is 0.416 e. The van der Waals surface area contributed by atoms with Gasteiger partial charge in [-0.1, -0.05) is 41.9 Å². The van der Waals surface area contributed by atoms with Crippen LogP contribution in [0.4, 0.5) is 24.5 Å². The van der Waals surface area contributed by atoms with Gasteiger partial charge in [-0.25, -0.2) is 13.8 Å². The van der Waals surface area contributed by atoms with Crippen molar-refractivity contribution < 1.29 is 31.2 Å². The lowest BCUT2D eigenvalue weighted by Gasteiger charge is -2.25. The molecule has 3 aromatic carbocycles. The van der Waals surface area contributed by atoms with Crippen LogP contribution in [0.3, 0.4) is 0 Å². The molecule has 0 unspecified atom stereocenters. The Hall–Kier alpha value is -3.90. The molecule has 3 rings (SSSR count). The Morgan fingerprint density at radius 1 is 0.974 bits per heavy atom. The van der Waals surface area contributed by atoms with Crippen LogP contribution in [-0.4, -0.2) is 32.5 Å². The van der Waals surface area contributed by atoms with Crippen molar-refractivity contribution in [2.45, 2.75) is 24.9 Å². The maximum absolute atomic E-state index is 13.4. The highest BCUT2D eigenvalue weighted by molar-refractivity contribution is 7.92. The third kappa shape index (κ3) is 7.11. The van der Waals surface area contributed by atoms with Crippen LogP contribution in [0.1, 0.15) is 25.0 Å². The van der Waals surface area contributed by atoms with Crippen molar-refractivity contribution in [3.63, 3.8) is 0 Å². The predicted molar refractivity (Wildman–Crippen MR) is 139 cm³/mol. The van der Waals surface area contributed by atoms with Gasteiger partial charge in [0.1, 0.15) is 6.54 Å². The van der Waals surface area contributed by atoms with E-state index in [1.807, 2.05) is 0 Å². The molecular weight excluding hydrogens is 545 g/mol. The topological polar surface area (TPSA) is 108 Å². The summed E-state index contributed by atoms with van der Waals surface area (Å²) in [6, 6.07) is 15.7. The number of alkyl halides is 3. The van der Waals surface area contributed by atoms with E-state index in [2.05, 4.69) is 15.8 Å². The fraction of sp³-hybridized carbons (Fsp3) is 0.160. The molecule has 8 nitrogen and oxygen atoms in total. The Morgan fingerprint density at radius 3 is 2.29 bits per heavy atom. The first-order valence-electron chi connectivity index (χ1n) is 10.9. The summed E-state index contributed by atoms with van der Waals surface area (Å²) in [5.74, 6) is -1.21. The Balaban J connectivity index is 1.94. The van der Waals surface area contributed by atoms with E-state index in [9.17, 15) is 31.2 Å². The highest BCUT2D eigenvalue weighted by Gasteiger charge is 2.34. The first-order chi connectivity index (χ1) is 17.8. The smallest absolute Gasteiger partial charge is 0.326 e. The number of hydrogen-bond acceptors (Lipinski definition) is 5. The van der Waals surface area contributed by atoms with Crippen molar-refractivity contribution >= 4 is 50.5 Å². The molecule has 200 valence electrons. The number of hydrogen-bond donors (Lipinski definition) is 2. The normalized spacial score (nSPS) is 12.1. The van der Waals surface area contributed by atoms with Gasteiger partial charge < -0.3 is 5.32 Å². The van der Waals surface area contributed by atoms with E-state index in [-0.39, 0.29) is 15.8 Å². The van der Waals surface area contributed by atoms with Crippen molar-refractivity contribution in [2.24, 2.45) is 5.10 Å². The molecule has 0 saturated carbocycles. The molecule has 0 saturated heterocycles. The van der Waals surface area contributed by atoms with E-state index in [1.165, 1.54) is 31.2 Å². The van der Waals surface area contributed by atoms with Crippen LogP contribution >= 0.6 is 11.6 Å². The Morgan fingerprint density at radius 2 is 1.66 bits per heavy atom. The molecule has 13 heteroatoms. The third-order valence-corrected chi connectivity index (χ3v) is 7.20. The molecule has 2 amide bonds. The van der Waals surface area contributed by atoms with Gasteiger partial charge in [0.15, 0.2) is 0 Å². The minimum Gasteiger partial charge on any atom is -0.326 e. The van der Waals surface area contributed by atoms with Gasteiger partial charge in [0, 0.05) is 12.6 Å². The largest absolute Gasteiger partial charge is 0.416 e. The van der Waals surface area contributed by atoms with Crippen molar-refractivity contribution in [2.75, 3.05) is 16.2 Å². The molecule has 0 bridgehead atoms. The zero-order valence-electron chi connectivity index (χ0n) is 20.1. The number of halogens is 4. The minimum atomic E-state index is -4.78. The van der Waals surface area contributed by atoms with Crippen LogP contribution in [0.5, 0.6) is 0 Å². The molecular formula is C25H22ClF3N4O4S. The number of nitrogens with one attached hydrogen (secondary N) is 2. The molecule has 0 fully saturated rings. The second-order valence-corrected chi connectivity index (χ2v) is 10.3. The van der Waals surface area contributed by atoms with E-state index >= 15 is 0 Å². The van der Waals surface area contributed by atoms with E-state index in [0.717, 1.165) is 6.07 Å². The summed E-state index contributed by atoms with van der Waals surface area (Å²) in [5, 5.41) is 6.27. The predicted octanol–water partition coefficient (Wildman–Crippen LogP) is 5.05. The molecule has 0 spiro atoms. The number of hydrazone groups is 1. The molecule has 0 atom stereocenters. The van der Waals surface area contributed by atoms with Crippen molar-refractivity contribution in [1.29, 1.82) is 0 Å². The van der Waals surface area contributed by atoms with Gasteiger partial charge in [-0.2, -0.15) is 18.3 Å². The number of anilines is 2. The molecule has 0 aliphatic heterocycles. The highest BCUT2D eigenvalue weighted by Crippen LogP contribution is 2.37. The Bertz CT molecular complexity index is 1480. The van der Waals surface area contributed by atoms with E-state index < -0.39 is 39.9 Å². The number of carbonyl (C=O) groups excluding carboxylic acids is 2. The van der Waals surface area contributed by atoms with Crippen LogP contribution in [0.25, 0.3) is 0 Å². The number of benzene rings is 3. The summed E-state index contributed by atoms with van der Waals surface area (Å²) in [6.45, 7) is 2.00. The Kier molecular flexibility index (Phi) is 8.79. The van der Waals surface area contributed by atoms with Gasteiger partial charge in [-0.05, 0) is 55.0 Å². The van der Waals surface area contributed by atoms with Crippen LogP contribution in [0.15, 0.2) is 82.8 Å². The fourth-order valence-corrected chi connectivity index (χ4v) is 5.02. The summed E-state index contributed by atoms with van der Waals surface area (Å²) < 4.78 is 67.5. The lowest BCUT2D eigenvalue weighted by molar-refractivity contribution is -0.137. The van der Waals surface area contributed by atoms with Crippen LogP contribution in [0, 0.1) is 0 Å². The molecule has 0 aromatic heterocycles. The molecule has 0 aliphatic carbocycles. The summed E-state index contributed by atoms with van der Waals surface area (Å²) >= 11 is 6.11. The molecule has 38 heavy (non-hydrogen) atoms. The monoisotopic (exact) mass is 566 g/mol. The van der Waals surface area contributed by atoms with E-state index in [0.29, 0.717) is 33.4 Å². The summed E-state index contributed by atoms with van der Waals surface area (Å²) in [4.78, 5) is 23.8. The van der Waals surface area contributed by atoms with Gasteiger partial charge in [0.25, 0.3) is 15.9 Å². The van der Waals surface area contributed by atoms with Gasteiger partial charge >= 0.3 is 6.18 Å². The van der Waals surface area contributed by atoms with Crippen molar-refractivity contribution in [3.05, 3.63) is 88.9 Å². The fourth-order valence-electron chi connectivity index (χ4n) is 3.30. The third-order valence-electron chi connectivity index (χ3n) is 5.11. The zero-order valence-corrected chi connectivity index (χ0v) is 21.7. The minimum absolute atomic E-state index is 0.254. The highest BCUT2D eigenvalue weighted by atomic mass is 35.5. The van der Waals surface area contributed by atoms with Crippen LogP contribution in [-0.2, 0) is 25.8 Å². The van der Waals surface area contributed by atoms with Crippen LogP contribution in [0.2, 0.25) is 5.02 Å². The number of nitrogens with zero attached hydrogens (tertiary/aromatic N) is 2. The van der Waals surface area contributed by atoms with E-state index in [4.69, 9.17) is 11.6 Å². The maximum atomic E-state index is 13.4. The summed E-state index contributed by atoms with van der Waals surface area (Å²) in [7, 11) is -4.51. The summed E-state index contributed by atoms with van der Waals surface area (Å²) in [5.41, 5.74) is 1.92. The second-order valence-electron chi connectivity index (χ2n) is 7.98.